The zero-order chi connectivity index (χ0) is 69.0. The van der Waals surface area contributed by atoms with E-state index in [9.17, 15) is 42.5 Å². The third-order valence-electron chi connectivity index (χ3n) is 19.0. The molecule has 0 amide bonds. The summed E-state index contributed by atoms with van der Waals surface area (Å²) in [6.45, 7) is 8.63. The van der Waals surface area contributed by atoms with Crippen LogP contribution in [0.3, 0.4) is 0 Å². The molecule has 10 heterocycles. The summed E-state index contributed by atoms with van der Waals surface area (Å²) in [5.74, 6) is 8.09. The summed E-state index contributed by atoms with van der Waals surface area (Å²) in [5, 5.41) is 7.77. The van der Waals surface area contributed by atoms with Crippen LogP contribution in [0.25, 0.3) is 60.3 Å². The Labute approximate surface area is 569 Å². The highest BCUT2D eigenvalue weighted by Crippen LogP contribution is 2.41. The van der Waals surface area contributed by atoms with Crippen molar-refractivity contribution in [3.05, 3.63) is 186 Å². The fraction of sp³-hybridized carbons (Fsp3) is 0.352. The summed E-state index contributed by atoms with van der Waals surface area (Å²) in [4.78, 5) is 14.8. The first-order valence-corrected chi connectivity index (χ1v) is 42.1. The summed E-state index contributed by atoms with van der Waals surface area (Å²) in [5.41, 5.74) is 14.3. The van der Waals surface area contributed by atoms with Gasteiger partial charge in [0.25, 0.3) is 0 Å². The van der Waals surface area contributed by atoms with E-state index >= 15 is 0 Å². The lowest BCUT2D eigenvalue weighted by molar-refractivity contribution is 0.251. The van der Waals surface area contributed by atoms with Gasteiger partial charge in [-0.2, -0.15) is 8.61 Å². The van der Waals surface area contributed by atoms with Crippen molar-refractivity contribution in [1.29, 1.82) is 0 Å². The van der Waals surface area contributed by atoms with Gasteiger partial charge < -0.3 is 30.2 Å². The average molecular weight is 1420 g/mol. The van der Waals surface area contributed by atoms with Crippen LogP contribution in [0.1, 0.15) is 60.3 Å². The highest BCUT2D eigenvalue weighted by molar-refractivity contribution is 7.97. The molecular weight excluding hydrogens is 1330 g/mol. The average Bonchev–Trinajstić information content (AvgIpc) is 1.73. The second-order valence-corrected chi connectivity index (χ2v) is 36.5. The minimum absolute atomic E-state index is 0.235. The molecule has 2 fully saturated rings. The number of benzene rings is 5. The number of piperidine rings is 1. The van der Waals surface area contributed by atoms with Gasteiger partial charge in [0.15, 0.2) is 0 Å². The molecule has 518 valence electrons. The molecular formula is C71H87F2N11O8S5. The smallest absolute Gasteiger partial charge is 0.211 e. The number of anilines is 2. The van der Waals surface area contributed by atoms with Gasteiger partial charge in [-0.15, -0.1) is 0 Å². The number of H-pyrrole nitrogens is 4. The number of sulfonamides is 3. The molecule has 0 aliphatic carbocycles. The molecule has 0 bridgehead atoms. The van der Waals surface area contributed by atoms with Crippen molar-refractivity contribution in [3.63, 3.8) is 0 Å². The number of halogens is 2. The molecule has 15 rings (SSSR count). The Balaban J connectivity index is 0.000000123. The van der Waals surface area contributed by atoms with E-state index in [1.807, 2.05) is 63.6 Å². The Morgan fingerprint density at radius 2 is 0.907 bits per heavy atom. The van der Waals surface area contributed by atoms with Crippen molar-refractivity contribution in [3.8, 4) is 0 Å². The zero-order valence-corrected chi connectivity index (χ0v) is 59.6. The van der Waals surface area contributed by atoms with Crippen molar-refractivity contribution in [1.82, 2.24) is 41.5 Å². The van der Waals surface area contributed by atoms with Crippen molar-refractivity contribution < 1.29 is 42.5 Å². The number of rotatable bonds is 10. The van der Waals surface area contributed by atoms with Crippen molar-refractivity contribution in [2.45, 2.75) is 38.0 Å². The predicted molar refractivity (Wildman–Crippen MR) is 398 cm³/mol. The summed E-state index contributed by atoms with van der Waals surface area (Å²) < 4.78 is 128. The molecule has 6 aliphatic rings. The second kappa shape index (κ2) is 29.6. The van der Waals surface area contributed by atoms with E-state index < -0.39 is 49.5 Å². The SMILES string of the molecule is C=S(C)(=O)N1CC=C(c2c[nH]c3c(F)cccc23)CC1.C=S(C)(=O)N1CC=C(c2c[nH]c3ccccc23)CC1.CS(=O)(=O)N1CC=C(c2c[nH]c3cc(F)ccc23)CC1.CS(=O)(=O)N1CCC(C2CNc3ccccc32)CC1.CS(=O)(=O)N1CCN(c2c[nH]c3ccccc23)CC1. The maximum absolute atomic E-state index is 13.7. The summed E-state index contributed by atoms with van der Waals surface area (Å²) in [6, 6.07) is 34.7. The van der Waals surface area contributed by atoms with E-state index in [0.29, 0.717) is 82.7 Å². The van der Waals surface area contributed by atoms with Crippen LogP contribution in [0.15, 0.2) is 152 Å². The fourth-order valence-electron chi connectivity index (χ4n) is 13.7. The van der Waals surface area contributed by atoms with Gasteiger partial charge >= 0.3 is 0 Å². The normalized spacial score (nSPS) is 20.1. The van der Waals surface area contributed by atoms with Crippen LogP contribution in [0.2, 0.25) is 0 Å². The van der Waals surface area contributed by atoms with Crippen LogP contribution in [-0.4, -0.2) is 203 Å². The van der Waals surface area contributed by atoms with Gasteiger partial charge in [-0.1, -0.05) is 85.0 Å². The van der Waals surface area contributed by atoms with Crippen LogP contribution in [0.5, 0.6) is 0 Å². The first kappa shape index (κ1) is 70.9. The Kier molecular flexibility index (Phi) is 21.6. The Morgan fingerprint density at radius 1 is 0.443 bits per heavy atom. The number of hydrogen-bond acceptors (Lipinski definition) is 10. The highest BCUT2D eigenvalue weighted by atomic mass is 32.2. The van der Waals surface area contributed by atoms with Gasteiger partial charge in [-0.05, 0) is 115 Å². The number of aromatic nitrogens is 4. The van der Waals surface area contributed by atoms with E-state index in [1.165, 1.54) is 80.0 Å². The molecule has 19 nitrogen and oxygen atoms in total. The van der Waals surface area contributed by atoms with E-state index in [0.717, 1.165) is 102 Å². The quantitative estimate of drug-likeness (QED) is 0.0813. The molecule has 5 N–H and O–H groups in total. The summed E-state index contributed by atoms with van der Waals surface area (Å²) >= 11 is 0. The molecule has 0 saturated carbocycles. The van der Waals surface area contributed by atoms with Gasteiger partial charge in [0.1, 0.15) is 11.6 Å². The topological polar surface area (TPSA) is 231 Å². The monoisotopic (exact) mass is 1420 g/mol. The Bertz CT molecular complexity index is 5030. The number of nitrogens with one attached hydrogen (secondary N) is 5. The fourth-order valence-corrected chi connectivity index (χ4v) is 17.9. The third-order valence-corrected chi connectivity index (χ3v) is 25.8. The minimum atomic E-state index is -3.13. The maximum atomic E-state index is 13.7. The van der Waals surface area contributed by atoms with Crippen molar-refractivity contribution in [2.75, 3.05) is 127 Å². The van der Waals surface area contributed by atoms with E-state index in [4.69, 9.17) is 0 Å². The van der Waals surface area contributed by atoms with Crippen LogP contribution >= 0.6 is 0 Å². The van der Waals surface area contributed by atoms with E-state index in [-0.39, 0.29) is 11.6 Å². The molecule has 0 radical (unpaired) electrons. The number of para-hydroxylation sites is 4. The standard InChI is InChI=1S/C15H17FN2OS.C15H18N2OS.C14H15FN2O2S.C14H20N2O2S.C13H17N3O2S/c1-20(2,19)18-8-6-11(7-9-18)13-10-17-15-12(13)4-3-5-14(15)16;1-19(2,18)17-9-7-12(8-10-17)14-11-16-15-6-4-3-5-13(14)15;1-20(18,19)17-6-4-10(5-7-17)13-9-16-14-8-11(15)2-3-12(13)14;1-19(17,18)16-8-6-11(7-9-16)13-10-15-14-5-3-2-4-12(13)14;1-19(17,18)16-8-6-15(7-9-16)13-10-14-12-5-3-2-4-11(12)13/h3-6,10,17H,1,7-9H2,2H3;3-7,11,16H,1,8-10H2,2H3;2-4,8-9,16H,5-7H2,1H3;2-5,11,13,15H,6-10H2,1H3;2-5,10,14H,6-9H2,1H3. The molecule has 2 saturated heterocycles. The predicted octanol–water partition coefficient (Wildman–Crippen LogP) is 10.6. The Hall–Kier alpha value is -7.37. The number of aromatic amines is 4. The Morgan fingerprint density at radius 3 is 1.46 bits per heavy atom. The lowest BCUT2D eigenvalue weighted by Crippen LogP contribution is -2.48. The number of nitrogens with zero attached hydrogens (tertiary/aromatic N) is 6. The first-order chi connectivity index (χ1) is 46.1. The van der Waals surface area contributed by atoms with E-state index in [1.54, 1.807) is 33.3 Å². The maximum Gasteiger partial charge on any atom is 0.211 e. The van der Waals surface area contributed by atoms with Gasteiger partial charge in [0.2, 0.25) is 30.1 Å². The summed E-state index contributed by atoms with van der Waals surface area (Å²) in [6.07, 6.45) is 25.4. The van der Waals surface area contributed by atoms with Gasteiger partial charge in [-0.3, -0.25) is 8.42 Å². The van der Waals surface area contributed by atoms with Gasteiger partial charge in [0, 0.05) is 208 Å². The third kappa shape index (κ3) is 17.0. The van der Waals surface area contributed by atoms with Crippen LogP contribution < -0.4 is 10.2 Å². The minimum Gasteiger partial charge on any atom is -0.384 e. The van der Waals surface area contributed by atoms with Crippen molar-refractivity contribution >= 4 is 133 Å². The van der Waals surface area contributed by atoms with Crippen LogP contribution in [-0.2, 0) is 49.5 Å². The summed E-state index contributed by atoms with van der Waals surface area (Å²) in [7, 11) is -13.4. The number of fused-ring (bicyclic) bond motifs is 5. The lowest BCUT2D eigenvalue weighted by Gasteiger charge is -2.34. The molecule has 3 unspecified atom stereocenters. The first-order valence-electron chi connectivity index (χ1n) is 32.4. The van der Waals surface area contributed by atoms with Gasteiger partial charge in [-0.25, -0.2) is 46.9 Å². The lowest BCUT2D eigenvalue weighted by atomic mass is 9.82. The number of hydrogen-bond donors (Lipinski definition) is 5. The van der Waals surface area contributed by atoms with E-state index in [2.05, 4.69) is 109 Å². The molecule has 0 spiro atoms. The van der Waals surface area contributed by atoms with Crippen LogP contribution in [0, 0.1) is 17.6 Å². The molecule has 4 aromatic heterocycles. The molecule has 3 atom stereocenters. The molecule has 26 heteroatoms. The van der Waals surface area contributed by atoms with Gasteiger partial charge in [0.05, 0.1) is 30.0 Å². The molecule has 9 aromatic rings. The largest absolute Gasteiger partial charge is 0.384 e. The van der Waals surface area contributed by atoms with Crippen molar-refractivity contribution in [2.24, 2.45) is 5.92 Å². The zero-order valence-electron chi connectivity index (χ0n) is 55.5. The molecule has 5 aromatic carbocycles. The number of piperazine rings is 1. The molecule has 6 aliphatic heterocycles. The highest BCUT2D eigenvalue weighted by Gasteiger charge is 2.34. The second-order valence-electron chi connectivity index (χ2n) is 25.7. The molecule has 97 heavy (non-hydrogen) atoms. The van der Waals surface area contributed by atoms with Crippen LogP contribution in [0.4, 0.5) is 20.2 Å².